The Labute approximate surface area is 122 Å². The van der Waals surface area contributed by atoms with Crippen LogP contribution in [0, 0.1) is 12.8 Å². The summed E-state index contributed by atoms with van der Waals surface area (Å²) in [6.07, 6.45) is 3.32. The number of sulfonamides is 1. The van der Waals surface area contributed by atoms with E-state index in [0.717, 1.165) is 11.3 Å². The van der Waals surface area contributed by atoms with E-state index in [1.165, 1.54) is 6.20 Å². The highest BCUT2D eigenvalue weighted by Crippen LogP contribution is 2.34. The first-order chi connectivity index (χ1) is 9.25. The number of aryl methyl sites for hydroxylation is 1. The van der Waals surface area contributed by atoms with E-state index < -0.39 is 21.5 Å². The number of carboxylic acid groups (broad SMARTS) is 1. The summed E-state index contributed by atoms with van der Waals surface area (Å²) in [4.78, 5) is 15.5. The molecular weight excluding hydrogens is 300 g/mol. The first-order valence-corrected chi connectivity index (χ1v) is 8.75. The van der Waals surface area contributed by atoms with E-state index in [2.05, 4.69) is 9.71 Å². The van der Waals surface area contributed by atoms with Crippen molar-refractivity contribution >= 4 is 27.3 Å². The quantitative estimate of drug-likeness (QED) is 0.882. The van der Waals surface area contributed by atoms with Crippen molar-refractivity contribution in [3.63, 3.8) is 0 Å². The van der Waals surface area contributed by atoms with E-state index in [1.54, 1.807) is 6.92 Å². The number of nitrogens with zero attached hydrogens (tertiary/aromatic N) is 1. The molecule has 0 aliphatic heterocycles. The molecule has 0 amide bonds. The number of aliphatic carboxylic acids is 1. The highest BCUT2D eigenvalue weighted by atomic mass is 32.2. The minimum Gasteiger partial charge on any atom is -0.480 e. The largest absolute Gasteiger partial charge is 0.480 e. The maximum absolute atomic E-state index is 12.3. The van der Waals surface area contributed by atoms with Crippen molar-refractivity contribution in [2.24, 2.45) is 5.92 Å². The summed E-state index contributed by atoms with van der Waals surface area (Å²) in [5.74, 6) is -0.674. The van der Waals surface area contributed by atoms with E-state index in [9.17, 15) is 18.3 Å². The molecule has 0 unspecified atom stereocenters. The smallest absolute Gasteiger partial charge is 0.324 e. The lowest BCUT2D eigenvalue weighted by Gasteiger charge is -2.35. The minimum absolute atomic E-state index is 0.0641. The maximum atomic E-state index is 12.3. The number of rotatable bonds is 4. The molecule has 20 heavy (non-hydrogen) atoms. The van der Waals surface area contributed by atoms with Crippen LogP contribution in [0.15, 0.2) is 10.4 Å². The second kappa shape index (κ2) is 5.42. The number of hydrogen-bond donors (Lipinski definition) is 2. The van der Waals surface area contributed by atoms with Crippen LogP contribution < -0.4 is 4.72 Å². The maximum Gasteiger partial charge on any atom is 0.324 e. The van der Waals surface area contributed by atoms with Crippen LogP contribution in [-0.4, -0.2) is 30.0 Å². The first-order valence-electron chi connectivity index (χ1n) is 6.45. The van der Waals surface area contributed by atoms with Crippen LogP contribution in [0.1, 0.15) is 37.6 Å². The molecule has 112 valence electrons. The lowest BCUT2D eigenvalue weighted by atomic mass is 9.78. The average Bonchev–Trinajstić information content (AvgIpc) is 2.79. The Morgan fingerprint density at radius 1 is 1.50 bits per heavy atom. The summed E-state index contributed by atoms with van der Waals surface area (Å²) in [5.41, 5.74) is -1.39. The minimum atomic E-state index is -3.83. The van der Waals surface area contributed by atoms with Crippen molar-refractivity contribution in [2.45, 2.75) is 49.3 Å². The van der Waals surface area contributed by atoms with Gasteiger partial charge in [0.1, 0.15) is 5.54 Å². The van der Waals surface area contributed by atoms with Crippen molar-refractivity contribution in [2.75, 3.05) is 0 Å². The van der Waals surface area contributed by atoms with Gasteiger partial charge >= 0.3 is 5.97 Å². The molecule has 0 radical (unpaired) electrons. The van der Waals surface area contributed by atoms with E-state index in [0.29, 0.717) is 36.6 Å². The topological polar surface area (TPSA) is 96.4 Å². The molecule has 1 aliphatic rings. The number of thiazole rings is 1. The zero-order valence-electron chi connectivity index (χ0n) is 11.4. The van der Waals surface area contributed by atoms with Crippen molar-refractivity contribution in [1.29, 1.82) is 0 Å². The van der Waals surface area contributed by atoms with Crippen molar-refractivity contribution in [3.8, 4) is 0 Å². The van der Waals surface area contributed by atoms with Gasteiger partial charge in [0.15, 0.2) is 4.21 Å². The van der Waals surface area contributed by atoms with Gasteiger partial charge in [-0.3, -0.25) is 4.79 Å². The Balaban J connectivity index is 2.27. The monoisotopic (exact) mass is 318 g/mol. The van der Waals surface area contributed by atoms with Crippen LogP contribution in [0.5, 0.6) is 0 Å². The fourth-order valence-corrected chi connectivity index (χ4v) is 4.91. The number of hydrogen-bond acceptors (Lipinski definition) is 5. The standard InChI is InChI=1S/C12H18N2O4S2/c1-8-3-5-12(6-4-8,11(15)16)14-20(17,18)10-7-13-9(2)19-10/h7-8,14H,3-6H2,1-2H3,(H,15,16). The predicted molar refractivity (Wildman–Crippen MR) is 75.2 cm³/mol. The summed E-state index contributed by atoms with van der Waals surface area (Å²) in [6.45, 7) is 3.76. The van der Waals surface area contributed by atoms with Gasteiger partial charge in [-0.1, -0.05) is 6.92 Å². The summed E-state index contributed by atoms with van der Waals surface area (Å²) >= 11 is 1.04. The van der Waals surface area contributed by atoms with Gasteiger partial charge in [0.25, 0.3) is 10.0 Å². The van der Waals surface area contributed by atoms with Gasteiger partial charge in [0.05, 0.1) is 11.2 Å². The van der Waals surface area contributed by atoms with Crippen molar-refractivity contribution in [1.82, 2.24) is 9.71 Å². The molecule has 1 heterocycles. The molecule has 8 heteroatoms. The molecule has 1 saturated carbocycles. The molecule has 6 nitrogen and oxygen atoms in total. The van der Waals surface area contributed by atoms with Gasteiger partial charge in [-0.2, -0.15) is 4.72 Å². The summed E-state index contributed by atoms with van der Waals surface area (Å²) in [6, 6.07) is 0. The zero-order valence-corrected chi connectivity index (χ0v) is 13.1. The van der Waals surface area contributed by atoms with Gasteiger partial charge in [-0.15, -0.1) is 11.3 Å². The Hall–Kier alpha value is -0.990. The predicted octanol–water partition coefficient (Wildman–Crippen LogP) is 1.76. The van der Waals surface area contributed by atoms with Gasteiger partial charge in [0, 0.05) is 0 Å². The van der Waals surface area contributed by atoms with Gasteiger partial charge in [0.2, 0.25) is 0 Å². The fraction of sp³-hybridized carbons (Fsp3) is 0.667. The fourth-order valence-electron chi connectivity index (χ4n) is 2.39. The normalized spacial score (nSPS) is 27.4. The van der Waals surface area contributed by atoms with Crippen LogP contribution >= 0.6 is 11.3 Å². The lowest BCUT2D eigenvalue weighted by Crippen LogP contribution is -2.56. The molecule has 0 aromatic carbocycles. The second-order valence-electron chi connectivity index (χ2n) is 5.37. The van der Waals surface area contributed by atoms with Gasteiger partial charge in [-0.25, -0.2) is 13.4 Å². The molecular formula is C12H18N2O4S2. The van der Waals surface area contributed by atoms with Gasteiger partial charge in [-0.05, 0) is 38.5 Å². The third-order valence-electron chi connectivity index (χ3n) is 3.73. The summed E-state index contributed by atoms with van der Waals surface area (Å²) in [7, 11) is -3.83. The molecule has 2 rings (SSSR count). The van der Waals surface area contributed by atoms with E-state index in [4.69, 9.17) is 0 Å². The molecule has 2 N–H and O–H groups in total. The highest BCUT2D eigenvalue weighted by Gasteiger charge is 2.44. The van der Waals surface area contributed by atoms with Crippen molar-refractivity contribution in [3.05, 3.63) is 11.2 Å². The molecule has 1 aliphatic carbocycles. The van der Waals surface area contributed by atoms with Crippen LogP contribution in [0.3, 0.4) is 0 Å². The number of nitrogens with one attached hydrogen (secondary N) is 1. The Morgan fingerprint density at radius 2 is 2.10 bits per heavy atom. The highest BCUT2D eigenvalue weighted by molar-refractivity contribution is 7.91. The zero-order chi connectivity index (χ0) is 15.0. The third kappa shape index (κ3) is 3.02. The third-order valence-corrected chi connectivity index (χ3v) is 6.64. The molecule has 1 aromatic rings. The summed E-state index contributed by atoms with van der Waals surface area (Å²) in [5, 5.41) is 10.1. The van der Waals surface area contributed by atoms with E-state index in [-0.39, 0.29) is 4.21 Å². The van der Waals surface area contributed by atoms with E-state index in [1.807, 2.05) is 6.92 Å². The lowest BCUT2D eigenvalue weighted by molar-refractivity contribution is -0.145. The number of aromatic nitrogens is 1. The van der Waals surface area contributed by atoms with Crippen LogP contribution in [0.2, 0.25) is 0 Å². The molecule has 0 saturated heterocycles. The van der Waals surface area contributed by atoms with Crippen LogP contribution in [0.4, 0.5) is 0 Å². The molecule has 1 aromatic heterocycles. The average molecular weight is 318 g/mol. The molecule has 0 bridgehead atoms. The molecule has 0 spiro atoms. The number of carbonyl (C=O) groups is 1. The Bertz CT molecular complexity index is 601. The van der Waals surface area contributed by atoms with Crippen molar-refractivity contribution < 1.29 is 18.3 Å². The second-order valence-corrected chi connectivity index (χ2v) is 8.52. The Kier molecular flexibility index (Phi) is 4.17. The van der Waals surface area contributed by atoms with Crippen LogP contribution in [0.25, 0.3) is 0 Å². The summed E-state index contributed by atoms with van der Waals surface area (Å²) < 4.78 is 27.1. The van der Waals surface area contributed by atoms with Crippen LogP contribution in [-0.2, 0) is 14.8 Å². The van der Waals surface area contributed by atoms with E-state index >= 15 is 0 Å². The molecule has 0 atom stereocenters. The first kappa shape index (κ1) is 15.4. The number of carboxylic acids is 1. The SMILES string of the molecule is Cc1ncc(S(=O)(=O)NC2(C(=O)O)CCC(C)CC2)s1. The Morgan fingerprint density at radius 3 is 2.55 bits per heavy atom. The van der Waals surface area contributed by atoms with Gasteiger partial charge < -0.3 is 5.11 Å². The molecule has 1 fully saturated rings.